The first-order chi connectivity index (χ1) is 6.99. The smallest absolute Gasteiger partial charge is 0.261 e. The van der Waals surface area contributed by atoms with E-state index in [1.54, 1.807) is 19.2 Å². The van der Waals surface area contributed by atoms with Crippen molar-refractivity contribution in [1.82, 2.24) is 0 Å². The summed E-state index contributed by atoms with van der Waals surface area (Å²) < 4.78 is 27.4. The number of aryl methyl sites for hydroxylation is 1. The Hall–Kier alpha value is -0.740. The zero-order chi connectivity index (χ0) is 11.5. The minimum Gasteiger partial charge on any atom is -0.496 e. The van der Waals surface area contributed by atoms with Gasteiger partial charge in [-0.25, -0.2) is 8.42 Å². The van der Waals surface area contributed by atoms with Gasteiger partial charge in [0.15, 0.2) is 0 Å². The highest BCUT2D eigenvalue weighted by molar-refractivity contribution is 8.13. The second kappa shape index (κ2) is 4.86. The quantitative estimate of drug-likeness (QED) is 0.770. The van der Waals surface area contributed by atoms with Crippen LogP contribution < -0.4 is 4.74 Å². The van der Waals surface area contributed by atoms with Gasteiger partial charge in [-0.3, -0.25) is 0 Å². The molecule has 0 aliphatic carbocycles. The molecule has 0 saturated heterocycles. The Morgan fingerprint density at radius 2 is 2.07 bits per heavy atom. The Labute approximate surface area is 94.4 Å². The van der Waals surface area contributed by atoms with E-state index in [0.717, 1.165) is 18.4 Å². The normalized spacial score (nSPS) is 11.4. The molecule has 0 saturated carbocycles. The molecule has 0 aliphatic rings. The molecule has 1 aromatic carbocycles. The van der Waals surface area contributed by atoms with E-state index < -0.39 is 9.05 Å². The fourth-order valence-electron chi connectivity index (χ4n) is 1.37. The van der Waals surface area contributed by atoms with Crippen LogP contribution in [0, 0.1) is 0 Å². The van der Waals surface area contributed by atoms with Crippen molar-refractivity contribution in [2.24, 2.45) is 0 Å². The van der Waals surface area contributed by atoms with Crippen LogP contribution in [-0.2, 0) is 15.5 Å². The largest absolute Gasteiger partial charge is 0.496 e. The summed E-state index contributed by atoms with van der Waals surface area (Å²) in [7, 11) is 3.16. The van der Waals surface area contributed by atoms with Crippen molar-refractivity contribution in [2.75, 3.05) is 7.11 Å². The summed E-state index contributed by atoms with van der Waals surface area (Å²) in [4.78, 5) is 0.119. The summed E-state index contributed by atoms with van der Waals surface area (Å²) in [6.07, 6.45) is 1.69. The lowest BCUT2D eigenvalue weighted by molar-refractivity contribution is 0.409. The number of halogens is 1. The highest BCUT2D eigenvalue weighted by Crippen LogP contribution is 2.25. The SMILES string of the molecule is CCCc1cc(S(=O)(=O)Cl)ccc1OC. The standard InChI is InChI=1S/C10H13ClO3S/c1-3-4-8-7-9(15(11,12)13)5-6-10(8)14-2/h5-7H,3-4H2,1-2H3. The fraction of sp³-hybridized carbons (Fsp3) is 0.400. The van der Waals surface area contributed by atoms with Gasteiger partial charge in [0.05, 0.1) is 12.0 Å². The number of rotatable bonds is 4. The lowest BCUT2D eigenvalue weighted by Gasteiger charge is -2.08. The number of benzene rings is 1. The van der Waals surface area contributed by atoms with Crippen LogP contribution in [0.1, 0.15) is 18.9 Å². The molecule has 5 heteroatoms. The Morgan fingerprint density at radius 3 is 2.53 bits per heavy atom. The summed E-state index contributed by atoms with van der Waals surface area (Å²) in [6.45, 7) is 2.02. The van der Waals surface area contributed by atoms with Crippen molar-refractivity contribution in [3.63, 3.8) is 0 Å². The van der Waals surface area contributed by atoms with Crippen LogP contribution in [-0.4, -0.2) is 15.5 Å². The lowest BCUT2D eigenvalue weighted by Crippen LogP contribution is -1.96. The average molecular weight is 249 g/mol. The second-order valence-corrected chi connectivity index (χ2v) is 5.73. The zero-order valence-corrected chi connectivity index (χ0v) is 10.2. The van der Waals surface area contributed by atoms with Gasteiger partial charge < -0.3 is 4.74 Å². The molecule has 1 rings (SSSR count). The van der Waals surface area contributed by atoms with E-state index in [4.69, 9.17) is 15.4 Å². The first-order valence-electron chi connectivity index (χ1n) is 4.60. The van der Waals surface area contributed by atoms with Crippen molar-refractivity contribution in [3.8, 4) is 5.75 Å². The third-order valence-electron chi connectivity index (χ3n) is 2.05. The van der Waals surface area contributed by atoms with E-state index in [2.05, 4.69) is 0 Å². The summed E-state index contributed by atoms with van der Waals surface area (Å²) in [6, 6.07) is 4.63. The monoisotopic (exact) mass is 248 g/mol. The van der Waals surface area contributed by atoms with E-state index in [1.807, 2.05) is 6.92 Å². The molecule has 0 N–H and O–H groups in total. The third-order valence-corrected chi connectivity index (χ3v) is 3.40. The molecule has 0 spiro atoms. The molecule has 0 amide bonds. The summed E-state index contributed by atoms with van der Waals surface area (Å²) in [5.74, 6) is 0.695. The van der Waals surface area contributed by atoms with Gasteiger partial charge in [0.1, 0.15) is 5.75 Å². The van der Waals surface area contributed by atoms with Gasteiger partial charge in [-0.2, -0.15) is 0 Å². The number of methoxy groups -OCH3 is 1. The van der Waals surface area contributed by atoms with Crippen LogP contribution in [0.25, 0.3) is 0 Å². The Morgan fingerprint density at radius 1 is 1.40 bits per heavy atom. The average Bonchev–Trinajstić information content (AvgIpc) is 2.17. The van der Waals surface area contributed by atoms with Crippen LogP contribution in [0.15, 0.2) is 23.1 Å². The van der Waals surface area contributed by atoms with Crippen LogP contribution in [0.3, 0.4) is 0 Å². The number of hydrogen-bond donors (Lipinski definition) is 0. The molecule has 15 heavy (non-hydrogen) atoms. The molecule has 1 aromatic rings. The zero-order valence-electron chi connectivity index (χ0n) is 8.66. The van der Waals surface area contributed by atoms with Gasteiger partial charge in [0.25, 0.3) is 9.05 Å². The Balaban J connectivity index is 3.22. The first-order valence-corrected chi connectivity index (χ1v) is 6.91. The fourth-order valence-corrected chi connectivity index (χ4v) is 2.17. The minimum absolute atomic E-state index is 0.119. The summed E-state index contributed by atoms with van der Waals surface area (Å²) in [5.41, 5.74) is 0.863. The van der Waals surface area contributed by atoms with Crippen molar-refractivity contribution in [1.29, 1.82) is 0 Å². The molecule has 0 unspecified atom stereocenters. The summed E-state index contributed by atoms with van der Waals surface area (Å²) >= 11 is 0. The number of hydrogen-bond acceptors (Lipinski definition) is 3. The van der Waals surface area contributed by atoms with E-state index in [1.165, 1.54) is 6.07 Å². The molecular weight excluding hydrogens is 236 g/mol. The van der Waals surface area contributed by atoms with Gasteiger partial charge in [0.2, 0.25) is 0 Å². The molecule has 0 atom stereocenters. The maximum Gasteiger partial charge on any atom is 0.261 e. The maximum atomic E-state index is 11.1. The molecule has 0 bridgehead atoms. The van der Waals surface area contributed by atoms with Crippen LogP contribution in [0.2, 0.25) is 0 Å². The molecule has 0 aromatic heterocycles. The van der Waals surface area contributed by atoms with E-state index in [0.29, 0.717) is 5.75 Å². The molecule has 0 fully saturated rings. The van der Waals surface area contributed by atoms with Gasteiger partial charge in [-0.15, -0.1) is 0 Å². The van der Waals surface area contributed by atoms with E-state index in [-0.39, 0.29) is 4.90 Å². The molecule has 0 heterocycles. The van der Waals surface area contributed by atoms with Crippen LogP contribution in [0.5, 0.6) is 5.75 Å². The summed E-state index contributed by atoms with van der Waals surface area (Å²) in [5, 5.41) is 0. The van der Waals surface area contributed by atoms with E-state index >= 15 is 0 Å². The Kier molecular flexibility index (Phi) is 3.99. The van der Waals surface area contributed by atoms with Crippen LogP contribution in [0.4, 0.5) is 0 Å². The van der Waals surface area contributed by atoms with Crippen molar-refractivity contribution in [2.45, 2.75) is 24.7 Å². The van der Waals surface area contributed by atoms with Crippen molar-refractivity contribution < 1.29 is 13.2 Å². The first kappa shape index (κ1) is 12.3. The molecule has 0 radical (unpaired) electrons. The predicted molar refractivity (Wildman–Crippen MR) is 60.0 cm³/mol. The van der Waals surface area contributed by atoms with Crippen molar-refractivity contribution >= 4 is 19.7 Å². The molecule has 84 valence electrons. The highest BCUT2D eigenvalue weighted by atomic mass is 35.7. The predicted octanol–water partition coefficient (Wildman–Crippen LogP) is 2.58. The third kappa shape index (κ3) is 3.11. The molecule has 3 nitrogen and oxygen atoms in total. The van der Waals surface area contributed by atoms with Gasteiger partial charge in [0, 0.05) is 10.7 Å². The lowest BCUT2D eigenvalue weighted by atomic mass is 10.1. The topological polar surface area (TPSA) is 43.4 Å². The maximum absolute atomic E-state index is 11.1. The van der Waals surface area contributed by atoms with Gasteiger partial charge in [-0.1, -0.05) is 13.3 Å². The highest BCUT2D eigenvalue weighted by Gasteiger charge is 2.12. The minimum atomic E-state index is -3.65. The second-order valence-electron chi connectivity index (χ2n) is 3.16. The number of ether oxygens (including phenoxy) is 1. The van der Waals surface area contributed by atoms with Crippen LogP contribution >= 0.6 is 10.7 Å². The Bertz CT molecular complexity index is 440. The molecular formula is C10H13ClO3S. The van der Waals surface area contributed by atoms with Gasteiger partial charge in [-0.05, 0) is 30.2 Å². The van der Waals surface area contributed by atoms with Gasteiger partial charge >= 0.3 is 0 Å². The molecule has 0 aliphatic heterocycles. The van der Waals surface area contributed by atoms with Crippen molar-refractivity contribution in [3.05, 3.63) is 23.8 Å². The van der Waals surface area contributed by atoms with E-state index in [9.17, 15) is 8.42 Å².